The maximum Gasteiger partial charge on any atom is 0.334 e. The highest BCUT2D eigenvalue weighted by Gasteiger charge is 2.29. The van der Waals surface area contributed by atoms with Gasteiger partial charge in [-0.3, -0.25) is 4.57 Å². The summed E-state index contributed by atoms with van der Waals surface area (Å²) in [7, 11) is -3.33. The molecular formula is C19H33O4P. The number of esters is 1. The Morgan fingerprint density at radius 2 is 1.67 bits per heavy atom. The summed E-state index contributed by atoms with van der Waals surface area (Å²) in [4.78, 5) is 22.8. The number of hydrogen-bond donors (Lipinski definition) is 1. The zero-order valence-electron chi connectivity index (χ0n) is 15.0. The quantitative estimate of drug-likeness (QED) is 0.400. The molecule has 2 fully saturated rings. The third-order valence-electron chi connectivity index (χ3n) is 5.31. The van der Waals surface area contributed by atoms with Gasteiger partial charge in [0.15, 0.2) is 0 Å². The second kappa shape index (κ2) is 9.77. The smallest absolute Gasteiger partial charge is 0.334 e. The lowest BCUT2D eigenvalue weighted by Crippen LogP contribution is -2.17. The molecule has 0 bridgehead atoms. The van der Waals surface area contributed by atoms with Crippen LogP contribution in [0.25, 0.3) is 0 Å². The van der Waals surface area contributed by atoms with E-state index in [0.29, 0.717) is 30.2 Å². The van der Waals surface area contributed by atoms with E-state index >= 15 is 0 Å². The minimum Gasteiger partial charge on any atom is -0.463 e. The van der Waals surface area contributed by atoms with Crippen molar-refractivity contribution in [2.75, 3.05) is 18.9 Å². The number of hydrogen-bond acceptors (Lipinski definition) is 3. The molecule has 2 rings (SSSR count). The molecule has 5 heteroatoms. The Morgan fingerprint density at radius 1 is 1.08 bits per heavy atom. The van der Waals surface area contributed by atoms with Crippen molar-refractivity contribution >= 4 is 13.3 Å². The zero-order chi connectivity index (χ0) is 17.4. The minimum absolute atomic E-state index is 0.0150. The predicted octanol–water partition coefficient (Wildman–Crippen LogP) is 4.91. The summed E-state index contributed by atoms with van der Waals surface area (Å²) in [5, 5.41) is 0. The van der Waals surface area contributed by atoms with Crippen LogP contribution in [0, 0.1) is 11.8 Å². The van der Waals surface area contributed by atoms with Crippen LogP contribution in [0.1, 0.15) is 71.1 Å². The lowest BCUT2D eigenvalue weighted by Gasteiger charge is -2.25. The summed E-state index contributed by atoms with van der Waals surface area (Å²) in [5.41, 5.74) is 0.436. The van der Waals surface area contributed by atoms with Crippen molar-refractivity contribution in [2.24, 2.45) is 11.8 Å². The summed E-state index contributed by atoms with van der Waals surface area (Å²) in [5.74, 6) is 0.293. The summed E-state index contributed by atoms with van der Waals surface area (Å²) in [6.45, 7) is 2.08. The lowest BCUT2D eigenvalue weighted by molar-refractivity contribution is -0.138. The molecule has 0 aromatic rings. The predicted molar refractivity (Wildman–Crippen MR) is 97.4 cm³/mol. The first-order valence-electron chi connectivity index (χ1n) is 9.69. The number of ether oxygens (including phenoxy) is 1. The van der Waals surface area contributed by atoms with Crippen molar-refractivity contribution in [1.82, 2.24) is 0 Å². The van der Waals surface area contributed by atoms with Gasteiger partial charge >= 0.3 is 5.97 Å². The normalized spacial score (nSPS) is 23.7. The molecule has 0 heterocycles. The van der Waals surface area contributed by atoms with Gasteiger partial charge in [-0.1, -0.05) is 44.6 Å². The van der Waals surface area contributed by atoms with Crippen molar-refractivity contribution < 1.29 is 19.0 Å². The first-order chi connectivity index (χ1) is 11.5. The minimum atomic E-state index is -3.33. The number of carbonyl (C=O) groups is 1. The fraction of sp³-hybridized carbons (Fsp3) is 0.842. The van der Waals surface area contributed by atoms with Gasteiger partial charge in [0.1, 0.15) is 0 Å². The number of carbonyl (C=O) groups excluding carboxylic acids is 1. The molecule has 24 heavy (non-hydrogen) atoms. The maximum absolute atomic E-state index is 12.7. The molecule has 1 N–H and O–H groups in total. The molecule has 1 unspecified atom stereocenters. The monoisotopic (exact) mass is 356 g/mol. The van der Waals surface area contributed by atoms with E-state index in [-0.39, 0.29) is 6.16 Å². The Balaban J connectivity index is 2.03. The molecular weight excluding hydrogens is 323 g/mol. The Labute approximate surface area is 146 Å². The first-order valence-corrected chi connectivity index (χ1v) is 11.7. The summed E-state index contributed by atoms with van der Waals surface area (Å²) < 4.78 is 17.9. The standard InChI is InChI=1S/C19H33O4P/c1-2-23-19(20)18(13-16-9-5-3-6-10-16)15-24(21,22)14-17-11-7-4-8-12-17/h13,16-17H,2-12,14-15H2,1H3,(H,21,22)/b18-13+. The molecule has 4 nitrogen and oxygen atoms in total. The van der Waals surface area contributed by atoms with E-state index in [1.807, 2.05) is 6.08 Å². The van der Waals surface area contributed by atoms with Gasteiger partial charge in [0.05, 0.1) is 12.8 Å². The van der Waals surface area contributed by atoms with E-state index in [1.165, 1.54) is 25.7 Å². The van der Waals surface area contributed by atoms with Gasteiger partial charge in [-0.25, -0.2) is 4.79 Å². The van der Waals surface area contributed by atoms with Crippen LogP contribution in [0.2, 0.25) is 0 Å². The highest BCUT2D eigenvalue weighted by molar-refractivity contribution is 7.58. The molecule has 1 atom stereocenters. The molecule has 2 saturated carbocycles. The SMILES string of the molecule is CCOC(=O)/C(=C/C1CCCCC1)CP(=O)(O)CC1CCCCC1. The molecule has 0 amide bonds. The van der Waals surface area contributed by atoms with Gasteiger partial charge in [0.2, 0.25) is 7.37 Å². The summed E-state index contributed by atoms with van der Waals surface area (Å²) in [6, 6.07) is 0. The Morgan fingerprint density at radius 3 is 2.25 bits per heavy atom. The molecule has 0 saturated heterocycles. The molecule has 0 spiro atoms. The Bertz CT molecular complexity index is 474. The Kier molecular flexibility index (Phi) is 8.03. The summed E-state index contributed by atoms with van der Waals surface area (Å²) >= 11 is 0. The third-order valence-corrected chi connectivity index (χ3v) is 7.23. The van der Waals surface area contributed by atoms with Gasteiger partial charge in [-0.2, -0.15) is 0 Å². The topological polar surface area (TPSA) is 63.6 Å². The van der Waals surface area contributed by atoms with Gasteiger partial charge in [0, 0.05) is 11.7 Å². The van der Waals surface area contributed by atoms with Crippen molar-refractivity contribution in [2.45, 2.75) is 71.1 Å². The van der Waals surface area contributed by atoms with Crippen molar-refractivity contribution in [3.8, 4) is 0 Å². The largest absolute Gasteiger partial charge is 0.463 e. The van der Waals surface area contributed by atoms with Crippen LogP contribution >= 0.6 is 7.37 Å². The van der Waals surface area contributed by atoms with Crippen LogP contribution in [0.4, 0.5) is 0 Å². The van der Waals surface area contributed by atoms with Crippen LogP contribution in [0.3, 0.4) is 0 Å². The second-order valence-electron chi connectivity index (χ2n) is 7.50. The van der Waals surface area contributed by atoms with E-state index in [1.54, 1.807) is 6.92 Å². The average Bonchev–Trinajstić information content (AvgIpc) is 2.55. The molecule has 0 aliphatic heterocycles. The van der Waals surface area contributed by atoms with Gasteiger partial charge in [0.25, 0.3) is 0 Å². The molecule has 0 aromatic heterocycles. The van der Waals surface area contributed by atoms with Gasteiger partial charge < -0.3 is 9.63 Å². The van der Waals surface area contributed by atoms with E-state index in [4.69, 9.17) is 4.74 Å². The van der Waals surface area contributed by atoms with Gasteiger partial charge in [-0.05, 0) is 44.4 Å². The summed E-state index contributed by atoms with van der Waals surface area (Å²) in [6.07, 6.45) is 13.7. The highest BCUT2D eigenvalue weighted by atomic mass is 31.2. The molecule has 0 aromatic carbocycles. The first kappa shape index (κ1) is 19.7. The maximum atomic E-state index is 12.7. The van der Waals surface area contributed by atoms with Crippen molar-refractivity contribution in [3.05, 3.63) is 11.6 Å². The Hall–Kier alpha value is -0.600. The fourth-order valence-corrected chi connectivity index (χ4v) is 6.17. The highest BCUT2D eigenvalue weighted by Crippen LogP contribution is 2.47. The lowest BCUT2D eigenvalue weighted by atomic mass is 9.88. The van der Waals surface area contributed by atoms with Crippen LogP contribution < -0.4 is 0 Å². The van der Waals surface area contributed by atoms with E-state index in [2.05, 4.69) is 0 Å². The van der Waals surface area contributed by atoms with Crippen LogP contribution in [0.5, 0.6) is 0 Å². The average molecular weight is 356 g/mol. The van der Waals surface area contributed by atoms with Gasteiger partial charge in [-0.15, -0.1) is 0 Å². The third kappa shape index (κ3) is 6.72. The molecule has 0 radical (unpaired) electrons. The molecule has 138 valence electrons. The van der Waals surface area contributed by atoms with Crippen LogP contribution in [-0.4, -0.2) is 29.8 Å². The fourth-order valence-electron chi connectivity index (χ4n) is 4.10. The van der Waals surface area contributed by atoms with E-state index in [9.17, 15) is 14.3 Å². The van der Waals surface area contributed by atoms with E-state index in [0.717, 1.165) is 38.5 Å². The molecule has 2 aliphatic rings. The van der Waals surface area contributed by atoms with Crippen LogP contribution in [0.15, 0.2) is 11.6 Å². The number of allylic oxidation sites excluding steroid dienone is 1. The zero-order valence-corrected chi connectivity index (χ0v) is 15.9. The van der Waals surface area contributed by atoms with Crippen molar-refractivity contribution in [3.63, 3.8) is 0 Å². The molecule has 2 aliphatic carbocycles. The second-order valence-corrected chi connectivity index (χ2v) is 9.88. The van der Waals surface area contributed by atoms with Crippen molar-refractivity contribution in [1.29, 1.82) is 0 Å². The number of rotatable bonds is 7. The van der Waals surface area contributed by atoms with E-state index < -0.39 is 13.3 Å². The van der Waals surface area contributed by atoms with Crippen LogP contribution in [-0.2, 0) is 14.1 Å².